The van der Waals surface area contributed by atoms with E-state index in [1.165, 1.54) is 12.8 Å². The van der Waals surface area contributed by atoms with Crippen molar-refractivity contribution in [3.63, 3.8) is 0 Å². The molecule has 1 fully saturated rings. The average molecular weight is 268 g/mol. The minimum absolute atomic E-state index is 0.295. The van der Waals surface area contributed by atoms with Crippen LogP contribution in [-0.2, 0) is 5.54 Å². The summed E-state index contributed by atoms with van der Waals surface area (Å²) in [6, 6.07) is 2.00. The Kier molecular flexibility index (Phi) is 2.91. The summed E-state index contributed by atoms with van der Waals surface area (Å²) in [4.78, 5) is 0. The molecule has 2 aliphatic rings. The summed E-state index contributed by atoms with van der Waals surface area (Å²) >= 11 is 6.52. The third-order valence-corrected chi connectivity index (χ3v) is 4.33. The summed E-state index contributed by atoms with van der Waals surface area (Å²) in [6.45, 7) is 3.18. The molecule has 2 N–H and O–H groups in total. The highest BCUT2D eigenvalue weighted by Gasteiger charge is 2.36. The van der Waals surface area contributed by atoms with E-state index in [4.69, 9.17) is 26.8 Å². The van der Waals surface area contributed by atoms with E-state index in [1.54, 1.807) is 0 Å². The van der Waals surface area contributed by atoms with E-state index in [0.29, 0.717) is 24.0 Å². The maximum Gasteiger partial charge on any atom is 0.180 e. The van der Waals surface area contributed by atoms with Crippen molar-refractivity contribution < 1.29 is 9.47 Å². The summed E-state index contributed by atoms with van der Waals surface area (Å²) < 4.78 is 11.2. The van der Waals surface area contributed by atoms with E-state index in [-0.39, 0.29) is 5.54 Å². The smallest absolute Gasteiger partial charge is 0.180 e. The van der Waals surface area contributed by atoms with Crippen LogP contribution in [0.2, 0.25) is 5.02 Å². The van der Waals surface area contributed by atoms with Gasteiger partial charge in [0, 0.05) is 5.54 Å². The molecule has 1 aliphatic carbocycles. The van der Waals surface area contributed by atoms with Gasteiger partial charge in [-0.2, -0.15) is 0 Å². The zero-order valence-corrected chi connectivity index (χ0v) is 11.3. The molecule has 0 unspecified atom stereocenters. The fourth-order valence-corrected chi connectivity index (χ4v) is 3.62. The van der Waals surface area contributed by atoms with E-state index in [1.807, 2.05) is 13.0 Å². The maximum atomic E-state index is 6.53. The summed E-state index contributed by atoms with van der Waals surface area (Å²) in [7, 11) is 0. The van der Waals surface area contributed by atoms with Crippen LogP contribution in [0.25, 0.3) is 0 Å². The van der Waals surface area contributed by atoms with Crippen LogP contribution in [0.5, 0.6) is 11.5 Å². The third kappa shape index (κ3) is 1.77. The molecule has 0 amide bonds. The number of aryl methyl sites for hydroxylation is 1. The number of rotatable bonds is 1. The average Bonchev–Trinajstić information content (AvgIpc) is 2.77. The lowest BCUT2D eigenvalue weighted by atomic mass is 9.86. The highest BCUT2D eigenvalue weighted by molar-refractivity contribution is 6.33. The second kappa shape index (κ2) is 4.32. The molecule has 98 valence electrons. The van der Waals surface area contributed by atoms with Crippen molar-refractivity contribution in [1.82, 2.24) is 0 Å². The Balaban J connectivity index is 2.14. The van der Waals surface area contributed by atoms with Gasteiger partial charge in [-0.25, -0.2) is 0 Å². The monoisotopic (exact) mass is 267 g/mol. The molecule has 1 saturated carbocycles. The van der Waals surface area contributed by atoms with Gasteiger partial charge in [0.05, 0.1) is 5.02 Å². The predicted molar refractivity (Wildman–Crippen MR) is 71.5 cm³/mol. The molecule has 1 aromatic rings. The quantitative estimate of drug-likeness (QED) is 0.850. The number of fused-ring (bicyclic) bond motifs is 1. The van der Waals surface area contributed by atoms with Gasteiger partial charge in [-0.1, -0.05) is 24.4 Å². The van der Waals surface area contributed by atoms with Crippen molar-refractivity contribution in [1.29, 1.82) is 0 Å². The summed E-state index contributed by atoms with van der Waals surface area (Å²) in [5, 5.41) is 0.647. The van der Waals surface area contributed by atoms with Gasteiger partial charge in [0.1, 0.15) is 13.2 Å². The Morgan fingerprint density at radius 2 is 1.89 bits per heavy atom. The molecule has 3 nitrogen and oxygen atoms in total. The van der Waals surface area contributed by atoms with E-state index in [2.05, 4.69) is 0 Å². The van der Waals surface area contributed by atoms with Gasteiger partial charge in [-0.05, 0) is 37.0 Å². The Morgan fingerprint density at radius 1 is 1.22 bits per heavy atom. The van der Waals surface area contributed by atoms with E-state index in [9.17, 15) is 0 Å². The summed E-state index contributed by atoms with van der Waals surface area (Å²) in [6.07, 6.45) is 4.32. The largest absolute Gasteiger partial charge is 0.486 e. The number of ether oxygens (including phenoxy) is 2. The first-order valence-electron chi connectivity index (χ1n) is 6.50. The molecule has 0 saturated heterocycles. The molecular formula is C14H18ClNO2. The lowest BCUT2D eigenvalue weighted by Crippen LogP contribution is -2.34. The van der Waals surface area contributed by atoms with E-state index >= 15 is 0 Å². The number of benzene rings is 1. The first-order valence-corrected chi connectivity index (χ1v) is 6.88. The number of halogens is 1. The topological polar surface area (TPSA) is 44.5 Å². The lowest BCUT2D eigenvalue weighted by molar-refractivity contribution is 0.171. The van der Waals surface area contributed by atoms with Gasteiger partial charge in [0.2, 0.25) is 0 Å². The van der Waals surface area contributed by atoms with Crippen molar-refractivity contribution in [2.24, 2.45) is 5.73 Å². The van der Waals surface area contributed by atoms with Crippen molar-refractivity contribution in [2.45, 2.75) is 38.1 Å². The van der Waals surface area contributed by atoms with Gasteiger partial charge >= 0.3 is 0 Å². The van der Waals surface area contributed by atoms with Gasteiger partial charge < -0.3 is 15.2 Å². The van der Waals surface area contributed by atoms with Gasteiger partial charge in [0.25, 0.3) is 0 Å². The van der Waals surface area contributed by atoms with Gasteiger partial charge in [-0.3, -0.25) is 0 Å². The second-order valence-corrected chi connectivity index (χ2v) is 5.65. The fraction of sp³-hybridized carbons (Fsp3) is 0.571. The lowest BCUT2D eigenvalue weighted by Gasteiger charge is -2.30. The molecule has 4 heteroatoms. The normalized spacial score (nSPS) is 21.1. The third-order valence-electron chi connectivity index (χ3n) is 3.97. The number of hydrogen-bond acceptors (Lipinski definition) is 3. The van der Waals surface area contributed by atoms with Crippen LogP contribution in [0.3, 0.4) is 0 Å². The van der Waals surface area contributed by atoms with Crippen molar-refractivity contribution >= 4 is 11.6 Å². The molecule has 0 atom stereocenters. The summed E-state index contributed by atoms with van der Waals surface area (Å²) in [5.41, 5.74) is 8.39. The molecule has 0 bridgehead atoms. The Bertz CT molecular complexity index is 481. The first-order chi connectivity index (χ1) is 8.62. The van der Waals surface area contributed by atoms with Crippen LogP contribution >= 0.6 is 11.6 Å². The van der Waals surface area contributed by atoms with Crippen LogP contribution in [-0.4, -0.2) is 13.2 Å². The van der Waals surface area contributed by atoms with Crippen LogP contribution in [0.1, 0.15) is 36.8 Å². The molecule has 0 spiro atoms. The van der Waals surface area contributed by atoms with E-state index < -0.39 is 0 Å². The minimum atomic E-state index is -0.295. The summed E-state index contributed by atoms with van der Waals surface area (Å²) in [5.74, 6) is 1.41. The molecule has 1 heterocycles. The van der Waals surface area contributed by atoms with Crippen LogP contribution in [0.15, 0.2) is 6.07 Å². The zero-order chi connectivity index (χ0) is 12.8. The molecular weight excluding hydrogens is 250 g/mol. The molecule has 3 rings (SSSR count). The standard InChI is InChI=1S/C14H18ClNO2/c1-9-8-10-13(18-7-6-17-10)12(15)11(9)14(16)4-2-3-5-14/h8H,2-7,16H2,1H3. The Labute approximate surface area is 112 Å². The highest BCUT2D eigenvalue weighted by atomic mass is 35.5. The Morgan fingerprint density at radius 3 is 2.61 bits per heavy atom. The molecule has 18 heavy (non-hydrogen) atoms. The Hall–Kier alpha value is -0.930. The zero-order valence-electron chi connectivity index (χ0n) is 10.6. The molecule has 1 aromatic carbocycles. The van der Waals surface area contributed by atoms with Gasteiger partial charge in [-0.15, -0.1) is 0 Å². The van der Waals surface area contributed by atoms with E-state index in [0.717, 1.165) is 29.7 Å². The molecule has 1 aliphatic heterocycles. The van der Waals surface area contributed by atoms with Crippen LogP contribution in [0.4, 0.5) is 0 Å². The predicted octanol–water partition coefficient (Wildman–Crippen LogP) is 3.15. The number of hydrogen-bond donors (Lipinski definition) is 1. The van der Waals surface area contributed by atoms with Crippen molar-refractivity contribution in [3.05, 3.63) is 22.2 Å². The van der Waals surface area contributed by atoms with Crippen LogP contribution < -0.4 is 15.2 Å². The maximum absolute atomic E-state index is 6.53. The first kappa shape index (κ1) is 12.1. The number of nitrogens with two attached hydrogens (primary N) is 1. The SMILES string of the molecule is Cc1cc2c(c(Cl)c1C1(N)CCCC1)OCCO2. The highest BCUT2D eigenvalue weighted by Crippen LogP contribution is 2.48. The van der Waals surface area contributed by atoms with Gasteiger partial charge in [0.15, 0.2) is 11.5 Å². The minimum Gasteiger partial charge on any atom is -0.486 e. The molecule has 0 aromatic heterocycles. The second-order valence-electron chi connectivity index (χ2n) is 5.27. The van der Waals surface area contributed by atoms with Crippen molar-refractivity contribution in [2.75, 3.05) is 13.2 Å². The van der Waals surface area contributed by atoms with Crippen molar-refractivity contribution in [3.8, 4) is 11.5 Å². The van der Waals surface area contributed by atoms with Crippen LogP contribution in [0, 0.1) is 6.92 Å². The molecule has 0 radical (unpaired) electrons. The fourth-order valence-electron chi connectivity index (χ4n) is 3.13.